The van der Waals surface area contributed by atoms with Gasteiger partial charge in [-0.15, -0.1) is 0 Å². The monoisotopic (exact) mass is 388 g/mol. The lowest BCUT2D eigenvalue weighted by molar-refractivity contribution is -0.117. The van der Waals surface area contributed by atoms with Gasteiger partial charge in [0, 0.05) is 25.2 Å². The van der Waals surface area contributed by atoms with Crippen LogP contribution in [0.3, 0.4) is 0 Å². The molecule has 1 heterocycles. The molecule has 7 heteroatoms. The van der Waals surface area contributed by atoms with Crippen LogP contribution in [0.15, 0.2) is 53.4 Å². The normalized spacial score (nSPS) is 14.6. The van der Waals surface area contributed by atoms with E-state index < -0.39 is 10.0 Å². The molecular weight excluding hydrogens is 364 g/mol. The second kappa shape index (κ2) is 8.54. The molecule has 2 aromatic carbocycles. The lowest BCUT2D eigenvalue weighted by atomic mass is 10.2. The van der Waals surface area contributed by atoms with Gasteiger partial charge in [-0.2, -0.15) is 0 Å². The van der Waals surface area contributed by atoms with Gasteiger partial charge >= 0.3 is 0 Å². The van der Waals surface area contributed by atoms with Crippen LogP contribution < -0.4 is 14.4 Å². The second-order valence-corrected chi connectivity index (χ2v) is 8.23. The van der Waals surface area contributed by atoms with Crippen molar-refractivity contribution in [3.05, 3.63) is 54.1 Å². The van der Waals surface area contributed by atoms with Crippen molar-refractivity contribution < 1.29 is 17.9 Å². The van der Waals surface area contributed by atoms with Crippen LogP contribution in [0.1, 0.15) is 31.7 Å². The Hall–Kier alpha value is -2.38. The predicted molar refractivity (Wildman–Crippen MR) is 104 cm³/mol. The van der Waals surface area contributed by atoms with Crippen molar-refractivity contribution in [2.24, 2.45) is 0 Å². The molecule has 1 amide bonds. The Balaban J connectivity index is 1.61. The third-order valence-electron chi connectivity index (χ3n) is 4.39. The quantitative estimate of drug-likeness (QED) is 0.754. The van der Waals surface area contributed by atoms with Gasteiger partial charge in [0.25, 0.3) is 0 Å². The van der Waals surface area contributed by atoms with Crippen molar-refractivity contribution >= 4 is 21.6 Å². The summed E-state index contributed by atoms with van der Waals surface area (Å²) >= 11 is 0. The van der Waals surface area contributed by atoms with E-state index in [4.69, 9.17) is 4.74 Å². The summed E-state index contributed by atoms with van der Waals surface area (Å²) < 4.78 is 33.1. The van der Waals surface area contributed by atoms with Crippen molar-refractivity contribution in [2.75, 3.05) is 18.1 Å². The number of sulfonamides is 1. The zero-order valence-electron chi connectivity index (χ0n) is 15.3. The van der Waals surface area contributed by atoms with Crippen molar-refractivity contribution in [3.63, 3.8) is 0 Å². The first-order chi connectivity index (χ1) is 13.0. The number of rotatable bonds is 8. The van der Waals surface area contributed by atoms with Crippen molar-refractivity contribution in [2.45, 2.75) is 37.6 Å². The van der Waals surface area contributed by atoms with E-state index in [0.29, 0.717) is 19.6 Å². The number of nitrogens with one attached hydrogen (secondary N) is 1. The number of ether oxygens (including phenoxy) is 1. The van der Waals surface area contributed by atoms with Gasteiger partial charge in [0.2, 0.25) is 15.9 Å². The smallest absolute Gasteiger partial charge is 0.240 e. The van der Waals surface area contributed by atoms with E-state index in [1.807, 2.05) is 31.2 Å². The van der Waals surface area contributed by atoms with E-state index in [9.17, 15) is 13.2 Å². The lowest BCUT2D eigenvalue weighted by Crippen LogP contribution is -2.25. The first kappa shape index (κ1) is 19.4. The van der Waals surface area contributed by atoms with Crippen LogP contribution in [0.5, 0.6) is 5.75 Å². The van der Waals surface area contributed by atoms with E-state index in [1.165, 1.54) is 12.1 Å². The molecule has 0 radical (unpaired) electrons. The van der Waals surface area contributed by atoms with E-state index in [1.54, 1.807) is 17.0 Å². The third kappa shape index (κ3) is 4.87. The zero-order chi connectivity index (χ0) is 19.3. The highest BCUT2D eigenvalue weighted by Crippen LogP contribution is 2.23. The minimum atomic E-state index is -3.62. The fourth-order valence-electron chi connectivity index (χ4n) is 2.91. The molecule has 1 N–H and O–H groups in total. The van der Waals surface area contributed by atoms with Gasteiger partial charge in [-0.05, 0) is 54.8 Å². The molecule has 0 bridgehead atoms. The second-order valence-electron chi connectivity index (χ2n) is 6.46. The molecule has 0 aliphatic carbocycles. The highest BCUT2D eigenvalue weighted by atomic mass is 32.2. The Labute approximate surface area is 160 Å². The number of hydrogen-bond donors (Lipinski definition) is 1. The molecule has 1 saturated heterocycles. The number of benzene rings is 2. The number of amides is 1. The van der Waals surface area contributed by atoms with E-state index in [2.05, 4.69) is 4.72 Å². The third-order valence-corrected chi connectivity index (χ3v) is 5.81. The molecule has 6 nitrogen and oxygen atoms in total. The summed E-state index contributed by atoms with van der Waals surface area (Å²) in [5, 5.41) is 0. The average molecular weight is 388 g/mol. The molecule has 27 heavy (non-hydrogen) atoms. The fourth-order valence-corrected chi connectivity index (χ4v) is 3.93. The molecule has 0 saturated carbocycles. The highest BCUT2D eigenvalue weighted by Gasteiger charge is 2.22. The summed E-state index contributed by atoms with van der Waals surface area (Å²) in [4.78, 5) is 13.7. The summed E-state index contributed by atoms with van der Waals surface area (Å²) in [7, 11) is -3.62. The van der Waals surface area contributed by atoms with Gasteiger partial charge in [0.15, 0.2) is 0 Å². The number of hydrogen-bond acceptors (Lipinski definition) is 4. The summed E-state index contributed by atoms with van der Waals surface area (Å²) in [6, 6.07) is 13.8. The van der Waals surface area contributed by atoms with Crippen LogP contribution in [-0.4, -0.2) is 27.5 Å². The van der Waals surface area contributed by atoms with Crippen LogP contribution in [0, 0.1) is 0 Å². The fraction of sp³-hybridized carbons (Fsp3) is 0.350. The number of nitrogens with zero attached hydrogens (tertiary/aromatic N) is 1. The van der Waals surface area contributed by atoms with Crippen LogP contribution in [0.25, 0.3) is 0 Å². The molecule has 0 atom stereocenters. The Morgan fingerprint density at radius 3 is 2.37 bits per heavy atom. The number of carbonyl (C=O) groups excluding carboxylic acids is 1. The number of anilines is 1. The standard InChI is InChI=1S/C20H24N2O4S/c1-2-14-26-18-9-5-16(6-10-18)15-21-27(24,25)19-11-7-17(8-12-19)22-13-3-4-20(22)23/h5-12,21H,2-4,13-15H2,1H3. The summed E-state index contributed by atoms with van der Waals surface area (Å²) in [5.74, 6) is 0.852. The molecule has 0 aromatic heterocycles. The summed E-state index contributed by atoms with van der Waals surface area (Å²) in [5.41, 5.74) is 1.58. The molecule has 0 spiro atoms. The maximum atomic E-state index is 12.5. The Morgan fingerprint density at radius 1 is 1.07 bits per heavy atom. The molecule has 3 rings (SSSR count). The lowest BCUT2D eigenvalue weighted by Gasteiger charge is -2.16. The maximum Gasteiger partial charge on any atom is 0.240 e. The number of carbonyl (C=O) groups is 1. The van der Waals surface area contributed by atoms with Crippen LogP contribution in [0.2, 0.25) is 0 Å². The largest absolute Gasteiger partial charge is 0.494 e. The topological polar surface area (TPSA) is 75.7 Å². The van der Waals surface area contributed by atoms with Gasteiger partial charge < -0.3 is 9.64 Å². The first-order valence-corrected chi connectivity index (χ1v) is 10.6. The van der Waals surface area contributed by atoms with Crippen LogP contribution >= 0.6 is 0 Å². The van der Waals surface area contributed by atoms with Gasteiger partial charge in [-0.25, -0.2) is 13.1 Å². The molecular formula is C20H24N2O4S. The molecule has 2 aromatic rings. The zero-order valence-corrected chi connectivity index (χ0v) is 16.2. The molecule has 0 unspecified atom stereocenters. The van der Waals surface area contributed by atoms with Crippen molar-refractivity contribution in [1.29, 1.82) is 0 Å². The van der Waals surface area contributed by atoms with Gasteiger partial charge in [0.05, 0.1) is 11.5 Å². The average Bonchev–Trinajstić information content (AvgIpc) is 3.11. The van der Waals surface area contributed by atoms with Crippen molar-refractivity contribution in [3.8, 4) is 5.75 Å². The molecule has 1 aliphatic heterocycles. The SMILES string of the molecule is CCCOc1ccc(CNS(=O)(=O)c2ccc(N3CCCC3=O)cc2)cc1. The molecule has 1 aliphatic rings. The Morgan fingerprint density at radius 2 is 1.78 bits per heavy atom. The maximum absolute atomic E-state index is 12.5. The van der Waals surface area contributed by atoms with Gasteiger partial charge in [-0.3, -0.25) is 4.79 Å². The Bertz CT molecular complexity index is 877. The Kier molecular flexibility index (Phi) is 6.13. The van der Waals surface area contributed by atoms with Gasteiger partial charge in [-0.1, -0.05) is 19.1 Å². The molecule has 144 valence electrons. The van der Waals surface area contributed by atoms with Crippen LogP contribution in [-0.2, 0) is 21.4 Å². The first-order valence-electron chi connectivity index (χ1n) is 9.11. The van der Waals surface area contributed by atoms with E-state index in [0.717, 1.165) is 29.8 Å². The molecule has 1 fully saturated rings. The minimum absolute atomic E-state index is 0.0788. The van der Waals surface area contributed by atoms with Crippen LogP contribution in [0.4, 0.5) is 5.69 Å². The summed E-state index contributed by atoms with van der Waals surface area (Å²) in [6.45, 7) is 3.58. The summed E-state index contributed by atoms with van der Waals surface area (Å²) in [6.07, 6.45) is 2.32. The van der Waals surface area contributed by atoms with Gasteiger partial charge in [0.1, 0.15) is 5.75 Å². The van der Waals surface area contributed by atoms with E-state index in [-0.39, 0.29) is 17.3 Å². The minimum Gasteiger partial charge on any atom is -0.494 e. The predicted octanol–water partition coefficient (Wildman–Crippen LogP) is 3.08. The van der Waals surface area contributed by atoms with Crippen molar-refractivity contribution in [1.82, 2.24) is 4.72 Å². The van der Waals surface area contributed by atoms with E-state index >= 15 is 0 Å². The highest BCUT2D eigenvalue weighted by molar-refractivity contribution is 7.89.